The van der Waals surface area contributed by atoms with Gasteiger partial charge in [0.05, 0.1) is 31.0 Å². The number of benzene rings is 3. The van der Waals surface area contributed by atoms with E-state index in [0.29, 0.717) is 21.7 Å². The molecular formula is C24H20ClN3O2S. The Labute approximate surface area is 190 Å². The zero-order valence-corrected chi connectivity index (χ0v) is 18.6. The van der Waals surface area contributed by atoms with E-state index in [9.17, 15) is 0 Å². The van der Waals surface area contributed by atoms with Gasteiger partial charge in [-0.2, -0.15) is 5.10 Å². The Morgan fingerprint density at radius 2 is 1.65 bits per heavy atom. The quantitative estimate of drug-likeness (QED) is 0.255. The topological polar surface area (TPSA) is 55.7 Å². The van der Waals surface area contributed by atoms with E-state index in [1.807, 2.05) is 60.7 Å². The molecule has 31 heavy (non-hydrogen) atoms. The van der Waals surface area contributed by atoms with E-state index in [2.05, 4.69) is 22.7 Å². The molecule has 156 valence electrons. The fourth-order valence-electron chi connectivity index (χ4n) is 3.05. The van der Waals surface area contributed by atoms with Crippen LogP contribution in [0.25, 0.3) is 21.7 Å². The Morgan fingerprint density at radius 1 is 0.903 bits per heavy atom. The summed E-state index contributed by atoms with van der Waals surface area (Å²) in [6, 6.07) is 23.5. The molecule has 1 aromatic heterocycles. The number of nitrogens with one attached hydrogen (secondary N) is 1. The van der Waals surface area contributed by atoms with Crippen molar-refractivity contribution < 1.29 is 9.47 Å². The number of halogens is 1. The monoisotopic (exact) mass is 449 g/mol. The molecule has 0 aliphatic rings. The number of hydrogen-bond donors (Lipinski definition) is 1. The van der Waals surface area contributed by atoms with Crippen LogP contribution in [0.15, 0.2) is 77.9 Å². The van der Waals surface area contributed by atoms with E-state index in [-0.39, 0.29) is 0 Å². The number of hydrogen-bond acceptors (Lipinski definition) is 6. The van der Waals surface area contributed by atoms with Gasteiger partial charge in [-0.25, -0.2) is 4.98 Å². The predicted octanol–water partition coefficient (Wildman–Crippen LogP) is 6.59. The maximum atomic E-state index is 6.06. The van der Waals surface area contributed by atoms with Gasteiger partial charge in [-0.15, -0.1) is 0 Å². The van der Waals surface area contributed by atoms with Gasteiger partial charge in [0.2, 0.25) is 5.13 Å². The molecule has 0 amide bonds. The third-order valence-corrected chi connectivity index (χ3v) is 5.82. The molecule has 4 rings (SSSR count). The smallest absolute Gasteiger partial charge is 0.204 e. The van der Waals surface area contributed by atoms with Crippen LogP contribution in [0.2, 0.25) is 5.02 Å². The zero-order valence-electron chi connectivity index (χ0n) is 17.0. The first-order valence-corrected chi connectivity index (χ1v) is 10.7. The summed E-state index contributed by atoms with van der Waals surface area (Å²) < 4.78 is 10.6. The van der Waals surface area contributed by atoms with Crippen molar-refractivity contribution in [3.63, 3.8) is 0 Å². The molecule has 3 aromatic carbocycles. The first kappa shape index (κ1) is 20.9. The minimum atomic E-state index is 0.650. The van der Waals surface area contributed by atoms with Crippen LogP contribution in [0, 0.1) is 0 Å². The van der Waals surface area contributed by atoms with E-state index in [1.54, 1.807) is 31.8 Å². The Kier molecular flexibility index (Phi) is 6.50. The van der Waals surface area contributed by atoms with Crippen LogP contribution in [0.5, 0.6) is 11.5 Å². The zero-order chi connectivity index (χ0) is 21.6. The third kappa shape index (κ3) is 4.87. The van der Waals surface area contributed by atoms with Crippen molar-refractivity contribution in [3.05, 3.63) is 83.4 Å². The number of hydrazone groups is 1. The summed E-state index contributed by atoms with van der Waals surface area (Å²) in [5.74, 6) is 1.32. The third-order valence-electron chi connectivity index (χ3n) is 4.56. The van der Waals surface area contributed by atoms with Crippen molar-refractivity contribution in [2.45, 2.75) is 0 Å². The van der Waals surface area contributed by atoms with E-state index in [4.69, 9.17) is 26.1 Å². The van der Waals surface area contributed by atoms with Crippen molar-refractivity contribution in [2.75, 3.05) is 19.6 Å². The van der Waals surface area contributed by atoms with Crippen molar-refractivity contribution in [3.8, 4) is 33.2 Å². The Balaban J connectivity index is 1.62. The molecular weight excluding hydrogens is 430 g/mol. The Bertz CT molecular complexity index is 1190. The van der Waals surface area contributed by atoms with E-state index >= 15 is 0 Å². The average molecular weight is 450 g/mol. The molecule has 0 radical (unpaired) electrons. The molecule has 1 heterocycles. The molecule has 0 unspecified atom stereocenters. The summed E-state index contributed by atoms with van der Waals surface area (Å²) in [5.41, 5.74) is 6.91. The summed E-state index contributed by atoms with van der Waals surface area (Å²) in [6.07, 6.45) is 1.72. The molecule has 7 heteroatoms. The minimum absolute atomic E-state index is 0.650. The highest BCUT2D eigenvalue weighted by Gasteiger charge is 2.15. The molecule has 0 aliphatic heterocycles. The van der Waals surface area contributed by atoms with Crippen LogP contribution in [-0.4, -0.2) is 25.4 Å². The number of rotatable bonds is 7. The van der Waals surface area contributed by atoms with Crippen LogP contribution in [0.4, 0.5) is 5.13 Å². The maximum absolute atomic E-state index is 6.06. The fourth-order valence-corrected chi connectivity index (χ4v) is 4.12. The van der Waals surface area contributed by atoms with Crippen LogP contribution in [0.1, 0.15) is 5.56 Å². The standard InChI is InChI=1S/C24H20ClN3O2S/c1-29-20-13-8-16(14-21(20)30-2)15-26-28-24-27-22(17-9-11-19(25)12-10-17)23(31-24)18-6-4-3-5-7-18/h3-15H,1-2H3,(H,27,28)/b26-15-. The SMILES string of the molecule is COc1ccc(/C=N\Nc2nc(-c3ccc(Cl)cc3)c(-c3ccccc3)s2)cc1OC. The lowest BCUT2D eigenvalue weighted by Crippen LogP contribution is -1.94. The van der Waals surface area contributed by atoms with Crippen LogP contribution in [-0.2, 0) is 0 Å². The highest BCUT2D eigenvalue weighted by Crippen LogP contribution is 2.39. The molecule has 5 nitrogen and oxygen atoms in total. The predicted molar refractivity (Wildman–Crippen MR) is 129 cm³/mol. The largest absolute Gasteiger partial charge is 0.493 e. The molecule has 0 bridgehead atoms. The lowest BCUT2D eigenvalue weighted by molar-refractivity contribution is 0.355. The van der Waals surface area contributed by atoms with E-state index < -0.39 is 0 Å². The molecule has 1 N–H and O–H groups in total. The second-order valence-electron chi connectivity index (χ2n) is 6.55. The van der Waals surface area contributed by atoms with Gasteiger partial charge in [0.15, 0.2) is 11.5 Å². The van der Waals surface area contributed by atoms with Gasteiger partial charge in [0.25, 0.3) is 0 Å². The second kappa shape index (κ2) is 9.64. The first-order valence-electron chi connectivity index (χ1n) is 9.51. The van der Waals surface area contributed by atoms with Gasteiger partial charge in [-0.3, -0.25) is 5.43 Å². The molecule has 0 fully saturated rings. The number of ether oxygens (including phenoxy) is 2. The Hall–Kier alpha value is -3.35. The number of aromatic nitrogens is 1. The summed E-state index contributed by atoms with van der Waals surface area (Å²) in [7, 11) is 3.22. The van der Waals surface area contributed by atoms with Crippen molar-refractivity contribution in [1.82, 2.24) is 4.98 Å². The first-order chi connectivity index (χ1) is 15.2. The number of anilines is 1. The van der Waals surface area contributed by atoms with E-state index in [0.717, 1.165) is 27.3 Å². The molecule has 4 aromatic rings. The summed E-state index contributed by atoms with van der Waals surface area (Å²) >= 11 is 7.61. The van der Waals surface area contributed by atoms with Gasteiger partial charge < -0.3 is 9.47 Å². The molecule has 0 saturated heterocycles. The number of nitrogens with zero attached hydrogens (tertiary/aromatic N) is 2. The minimum Gasteiger partial charge on any atom is -0.493 e. The fraction of sp³-hybridized carbons (Fsp3) is 0.0833. The molecule has 0 atom stereocenters. The summed E-state index contributed by atoms with van der Waals surface area (Å²) in [6.45, 7) is 0. The van der Waals surface area contributed by atoms with Gasteiger partial charge in [-0.1, -0.05) is 65.4 Å². The van der Waals surface area contributed by atoms with E-state index in [1.165, 1.54) is 0 Å². The average Bonchev–Trinajstić information content (AvgIpc) is 3.24. The second-order valence-corrected chi connectivity index (χ2v) is 7.99. The van der Waals surface area contributed by atoms with Crippen LogP contribution < -0.4 is 14.9 Å². The number of thiazole rings is 1. The maximum Gasteiger partial charge on any atom is 0.204 e. The Morgan fingerprint density at radius 3 is 2.35 bits per heavy atom. The highest BCUT2D eigenvalue weighted by molar-refractivity contribution is 7.19. The lowest BCUT2D eigenvalue weighted by atomic mass is 10.1. The van der Waals surface area contributed by atoms with Crippen molar-refractivity contribution >= 4 is 34.3 Å². The van der Waals surface area contributed by atoms with Crippen molar-refractivity contribution in [1.29, 1.82) is 0 Å². The lowest BCUT2D eigenvalue weighted by Gasteiger charge is -2.07. The van der Waals surface area contributed by atoms with Crippen LogP contribution in [0.3, 0.4) is 0 Å². The van der Waals surface area contributed by atoms with Crippen molar-refractivity contribution in [2.24, 2.45) is 5.10 Å². The number of methoxy groups -OCH3 is 2. The molecule has 0 spiro atoms. The van der Waals surface area contributed by atoms with Gasteiger partial charge in [0, 0.05) is 10.6 Å². The van der Waals surface area contributed by atoms with Crippen LogP contribution >= 0.6 is 22.9 Å². The summed E-state index contributed by atoms with van der Waals surface area (Å²) in [4.78, 5) is 5.85. The normalized spacial score (nSPS) is 10.9. The van der Waals surface area contributed by atoms with Gasteiger partial charge in [-0.05, 0) is 41.5 Å². The highest BCUT2D eigenvalue weighted by atomic mass is 35.5. The summed E-state index contributed by atoms with van der Waals surface area (Å²) in [5, 5.41) is 5.74. The van der Waals surface area contributed by atoms with Gasteiger partial charge >= 0.3 is 0 Å². The van der Waals surface area contributed by atoms with Gasteiger partial charge in [0.1, 0.15) is 0 Å². The molecule has 0 saturated carbocycles. The molecule has 0 aliphatic carbocycles.